The maximum atomic E-state index is 13.3. The predicted molar refractivity (Wildman–Crippen MR) is 155 cm³/mol. The molecule has 6 heterocycles. The van der Waals surface area contributed by atoms with E-state index in [4.69, 9.17) is 4.98 Å². The second-order valence-electron chi connectivity index (χ2n) is 12.6. The summed E-state index contributed by atoms with van der Waals surface area (Å²) < 4.78 is 42.5. The third-order valence-electron chi connectivity index (χ3n) is 9.65. The monoisotopic (exact) mass is 614 g/mol. The van der Waals surface area contributed by atoms with Crippen molar-refractivity contribution in [1.29, 1.82) is 0 Å². The maximum Gasteiger partial charge on any atom is 0.391 e. The molecule has 2 bridgehead atoms. The van der Waals surface area contributed by atoms with Crippen molar-refractivity contribution in [2.45, 2.75) is 56.9 Å². The first-order chi connectivity index (χ1) is 21.1. The number of pyridine rings is 1. The Morgan fingerprint density at radius 1 is 1.07 bits per heavy atom. The van der Waals surface area contributed by atoms with E-state index in [1.54, 1.807) is 21.6 Å². The van der Waals surface area contributed by atoms with Gasteiger partial charge in [0, 0.05) is 69.7 Å². The molecule has 12 nitrogen and oxygen atoms in total. The fourth-order valence-electron chi connectivity index (χ4n) is 7.09. The standard InChI is InChI=1S/C29H37F3N10O2/c1-37-8-10-38(11-9-37)25(43)18-40-15-21(14-33-40)34-28-35-26-24(6-3-7-41(26)36-28)39-16-22-4-2-5-23(17-39)42(22)27(44)19-12-20(13-19)29(30,31)32/h3,6-7,14-15,19-20,22-23H,2,4-5,8-13,16-18H2,1H3,(H,34,36)/t19-,20+,22?,23?. The molecule has 1 saturated carbocycles. The molecule has 1 aliphatic carbocycles. The molecule has 4 aliphatic rings. The summed E-state index contributed by atoms with van der Waals surface area (Å²) in [5.41, 5.74) is 2.22. The van der Waals surface area contributed by atoms with Crippen LogP contribution < -0.4 is 10.2 Å². The molecule has 236 valence electrons. The normalized spacial score (nSPS) is 26.1. The van der Waals surface area contributed by atoms with Crippen LogP contribution in [0.15, 0.2) is 30.7 Å². The highest BCUT2D eigenvalue weighted by atomic mass is 19.4. The third kappa shape index (κ3) is 5.57. The number of carbonyl (C=O) groups excluding carboxylic acids is 2. The van der Waals surface area contributed by atoms with Crippen molar-refractivity contribution in [3.63, 3.8) is 0 Å². The van der Waals surface area contributed by atoms with E-state index in [0.717, 1.165) is 38.0 Å². The number of rotatable bonds is 6. The van der Waals surface area contributed by atoms with E-state index in [9.17, 15) is 22.8 Å². The largest absolute Gasteiger partial charge is 0.391 e. The summed E-state index contributed by atoms with van der Waals surface area (Å²) in [6.07, 6.45) is 3.47. The van der Waals surface area contributed by atoms with E-state index < -0.39 is 18.0 Å². The molecule has 44 heavy (non-hydrogen) atoms. The van der Waals surface area contributed by atoms with Crippen LogP contribution in [-0.2, 0) is 16.1 Å². The van der Waals surface area contributed by atoms with Crippen LogP contribution >= 0.6 is 0 Å². The summed E-state index contributed by atoms with van der Waals surface area (Å²) >= 11 is 0. The van der Waals surface area contributed by atoms with E-state index in [-0.39, 0.29) is 43.3 Å². The zero-order valence-corrected chi connectivity index (χ0v) is 24.7. The maximum absolute atomic E-state index is 13.3. The number of hydrogen-bond acceptors (Lipinski definition) is 8. The Morgan fingerprint density at radius 2 is 1.80 bits per heavy atom. The van der Waals surface area contributed by atoms with Crippen molar-refractivity contribution in [1.82, 2.24) is 39.1 Å². The lowest BCUT2D eigenvalue weighted by Crippen LogP contribution is -2.64. The van der Waals surface area contributed by atoms with E-state index in [2.05, 4.69) is 25.3 Å². The van der Waals surface area contributed by atoms with Gasteiger partial charge in [0.05, 0.1) is 23.5 Å². The van der Waals surface area contributed by atoms with E-state index >= 15 is 0 Å². The molecule has 3 aromatic rings. The van der Waals surface area contributed by atoms with Gasteiger partial charge in [-0.25, -0.2) is 4.52 Å². The summed E-state index contributed by atoms with van der Waals surface area (Å²) in [5.74, 6) is -1.57. The number of fused-ring (bicyclic) bond motifs is 3. The Kier molecular flexibility index (Phi) is 7.37. The van der Waals surface area contributed by atoms with Crippen LogP contribution in [0.1, 0.15) is 32.1 Å². The number of nitrogens with zero attached hydrogens (tertiary/aromatic N) is 9. The van der Waals surface area contributed by atoms with Gasteiger partial charge in [0.25, 0.3) is 0 Å². The summed E-state index contributed by atoms with van der Waals surface area (Å²) in [4.78, 5) is 39.0. The highest BCUT2D eigenvalue weighted by Gasteiger charge is 2.52. The SMILES string of the molecule is CN1CCN(C(=O)Cn2cc(Nc3nc4c(N5CC6CCCC(C5)N6C(=O)[C@H]5C[C@@H](C(F)(F)F)C5)cccn4n3)cn2)CC1. The van der Waals surface area contributed by atoms with E-state index in [1.165, 1.54) is 0 Å². The Morgan fingerprint density at radius 3 is 2.50 bits per heavy atom. The van der Waals surface area contributed by atoms with Gasteiger partial charge in [-0.1, -0.05) is 0 Å². The number of carbonyl (C=O) groups is 2. The Labute approximate surface area is 252 Å². The van der Waals surface area contributed by atoms with Gasteiger partial charge in [-0.2, -0.15) is 23.3 Å². The Balaban J connectivity index is 1.02. The average molecular weight is 615 g/mol. The Hall–Kier alpha value is -3.88. The number of amides is 2. The lowest BCUT2D eigenvalue weighted by atomic mass is 9.73. The van der Waals surface area contributed by atoms with Crippen molar-refractivity contribution in [2.75, 3.05) is 56.5 Å². The molecule has 1 N–H and O–H groups in total. The molecule has 2 atom stereocenters. The van der Waals surface area contributed by atoms with Crippen molar-refractivity contribution >= 4 is 34.8 Å². The minimum absolute atomic E-state index is 0.0352. The van der Waals surface area contributed by atoms with Gasteiger partial charge in [0.2, 0.25) is 17.8 Å². The summed E-state index contributed by atoms with van der Waals surface area (Å²) in [6, 6.07) is 3.81. The topological polar surface area (TPSA) is 107 Å². The van der Waals surface area contributed by atoms with E-state index in [0.29, 0.717) is 43.5 Å². The first-order valence-corrected chi connectivity index (χ1v) is 15.4. The first kappa shape index (κ1) is 28.9. The second kappa shape index (κ2) is 11.2. The Bertz CT molecular complexity index is 1510. The van der Waals surface area contributed by atoms with Gasteiger partial charge in [0.1, 0.15) is 6.54 Å². The smallest absolute Gasteiger partial charge is 0.364 e. The van der Waals surface area contributed by atoms with Crippen LogP contribution in [0, 0.1) is 11.8 Å². The van der Waals surface area contributed by atoms with Gasteiger partial charge < -0.3 is 24.9 Å². The number of piperidine rings is 1. The van der Waals surface area contributed by atoms with Gasteiger partial charge >= 0.3 is 6.18 Å². The number of aromatic nitrogens is 5. The molecular formula is C29H37F3N10O2. The molecule has 2 unspecified atom stereocenters. The summed E-state index contributed by atoms with van der Waals surface area (Å²) in [5, 5.41) is 12.1. The number of anilines is 3. The van der Waals surface area contributed by atoms with Crippen molar-refractivity contribution in [3.8, 4) is 0 Å². The summed E-state index contributed by atoms with van der Waals surface area (Å²) in [6.45, 7) is 4.51. The van der Waals surface area contributed by atoms with Crippen molar-refractivity contribution in [2.24, 2.45) is 11.8 Å². The predicted octanol–water partition coefficient (Wildman–Crippen LogP) is 2.60. The molecule has 4 fully saturated rings. The number of halogens is 3. The molecule has 0 radical (unpaired) electrons. The number of piperazine rings is 2. The zero-order chi connectivity index (χ0) is 30.6. The van der Waals surface area contributed by atoms with Crippen molar-refractivity contribution in [3.05, 3.63) is 30.7 Å². The highest BCUT2D eigenvalue weighted by Crippen LogP contribution is 2.46. The number of alkyl halides is 3. The lowest BCUT2D eigenvalue weighted by molar-refractivity contribution is -0.207. The quantitative estimate of drug-likeness (QED) is 0.452. The molecule has 2 amide bonds. The van der Waals surface area contributed by atoms with Gasteiger partial charge in [-0.15, -0.1) is 5.10 Å². The molecule has 15 heteroatoms. The fraction of sp³-hybridized carbons (Fsp3) is 0.621. The van der Waals surface area contributed by atoms with Crippen LogP contribution in [0.25, 0.3) is 5.65 Å². The van der Waals surface area contributed by atoms with Gasteiger partial charge in [-0.3, -0.25) is 14.3 Å². The molecule has 0 spiro atoms. The van der Waals surface area contributed by atoms with Crippen LogP contribution in [-0.4, -0.2) is 115 Å². The van der Waals surface area contributed by atoms with E-state index in [1.807, 2.05) is 35.2 Å². The van der Waals surface area contributed by atoms with Gasteiger partial charge in [0.15, 0.2) is 5.65 Å². The molecule has 3 saturated heterocycles. The van der Waals surface area contributed by atoms with Gasteiger partial charge in [-0.05, 0) is 51.3 Å². The van der Waals surface area contributed by atoms with Crippen molar-refractivity contribution < 1.29 is 22.8 Å². The molecular weight excluding hydrogens is 577 g/mol. The minimum Gasteiger partial charge on any atom is -0.364 e. The van der Waals surface area contributed by atoms with Crippen LogP contribution in [0.3, 0.4) is 0 Å². The zero-order valence-electron chi connectivity index (χ0n) is 24.7. The van der Waals surface area contributed by atoms with Crippen LogP contribution in [0.4, 0.5) is 30.5 Å². The van der Waals surface area contributed by atoms with Crippen LogP contribution in [0.5, 0.6) is 0 Å². The highest BCUT2D eigenvalue weighted by molar-refractivity contribution is 5.81. The molecule has 0 aromatic carbocycles. The third-order valence-corrected chi connectivity index (χ3v) is 9.65. The molecule has 3 aromatic heterocycles. The number of likely N-dealkylation sites (N-methyl/N-ethyl adjacent to an activating group) is 1. The fourth-order valence-corrected chi connectivity index (χ4v) is 7.09. The number of hydrogen-bond donors (Lipinski definition) is 1. The lowest BCUT2D eigenvalue weighted by Gasteiger charge is -2.52. The molecule has 7 rings (SSSR count). The second-order valence-corrected chi connectivity index (χ2v) is 12.6. The summed E-state index contributed by atoms with van der Waals surface area (Å²) in [7, 11) is 2.05. The average Bonchev–Trinajstić information content (AvgIpc) is 3.57. The molecule has 3 aliphatic heterocycles. The number of nitrogens with one attached hydrogen (secondary N) is 1. The van der Waals surface area contributed by atoms with Crippen LogP contribution in [0.2, 0.25) is 0 Å². The minimum atomic E-state index is -4.22. The first-order valence-electron chi connectivity index (χ1n) is 15.4.